The summed E-state index contributed by atoms with van der Waals surface area (Å²) in [5, 5.41) is 3.45. The van der Waals surface area contributed by atoms with Gasteiger partial charge in [-0.1, -0.05) is 36.4 Å². The number of hydrogen-bond donors (Lipinski definition) is 2. The van der Waals surface area contributed by atoms with Gasteiger partial charge in [0.2, 0.25) is 5.91 Å². The van der Waals surface area contributed by atoms with Crippen LogP contribution in [0.1, 0.15) is 93.1 Å². The summed E-state index contributed by atoms with van der Waals surface area (Å²) in [4.78, 5) is 28.6. The lowest BCUT2D eigenvalue weighted by molar-refractivity contribution is -0.126. The van der Waals surface area contributed by atoms with Crippen LogP contribution in [0.4, 0.5) is 0 Å². The minimum absolute atomic E-state index is 0.0172. The van der Waals surface area contributed by atoms with E-state index < -0.39 is 0 Å². The van der Waals surface area contributed by atoms with Crippen LogP contribution >= 0.6 is 18.5 Å². The Bertz CT molecular complexity index is 1230. The molecule has 2 aliphatic carbocycles. The Labute approximate surface area is 270 Å². The van der Waals surface area contributed by atoms with Gasteiger partial charge in [0.25, 0.3) is 0 Å². The van der Waals surface area contributed by atoms with E-state index in [0.717, 1.165) is 96.9 Å². The molecular weight excluding hydrogens is 582 g/mol. The number of aryl methyl sites for hydroxylation is 1. The summed E-state index contributed by atoms with van der Waals surface area (Å²) in [6, 6.07) is 15.6. The first-order valence-electron chi connectivity index (χ1n) is 16.9. The molecule has 0 radical (unpaired) electrons. The van der Waals surface area contributed by atoms with E-state index in [-0.39, 0.29) is 22.8 Å². The number of benzene rings is 1. The first kappa shape index (κ1) is 33.6. The Morgan fingerprint density at radius 2 is 1.89 bits per heavy atom. The van der Waals surface area contributed by atoms with Crippen molar-refractivity contribution in [3.8, 4) is 0 Å². The summed E-state index contributed by atoms with van der Waals surface area (Å²) in [6.07, 6.45) is 13.5. The number of nitrogens with one attached hydrogen (secondary N) is 1. The average molecular weight is 637 g/mol. The highest BCUT2D eigenvalue weighted by atomic mass is 31.1. The van der Waals surface area contributed by atoms with Crippen LogP contribution in [0.3, 0.4) is 0 Å². The monoisotopic (exact) mass is 636 g/mol. The number of amides is 1. The number of fused-ring (bicyclic) bond motifs is 1. The largest absolute Gasteiger partial charge is 0.349 e. The standard InChI is InChI=1S/C35H54N6OP2/c1-40(22-16-31(26-9-3-2-4-10-26)39-34(42)28-14-17-35(43,44)18-15-28)30-23-29(38-24-30)25-41(21-6-5-19-36)32-13-7-11-27-12-8-20-37-33(27)32/h2-4,8-10,12,20,28,30-32H,5-7,11,13-19,21-25,36,43-44H2,1H3,(H,39,42)/t30-,31-,32-/m0/s1. The van der Waals surface area contributed by atoms with E-state index in [2.05, 4.69) is 77.0 Å². The molecule has 2 heterocycles. The minimum atomic E-state index is 0.0172. The molecular formula is C35H54N6OP2. The Morgan fingerprint density at radius 1 is 1.09 bits per heavy atom. The molecule has 7 nitrogen and oxygen atoms in total. The van der Waals surface area contributed by atoms with Crippen molar-refractivity contribution >= 4 is 30.1 Å². The highest BCUT2D eigenvalue weighted by Gasteiger charge is 2.33. The van der Waals surface area contributed by atoms with E-state index in [9.17, 15) is 4.79 Å². The molecule has 0 spiro atoms. The number of nitrogens with zero attached hydrogens (tertiary/aromatic N) is 4. The SMILES string of the molecule is CN(CC[C@H](NC(=O)C1CCC(P)(P)CC1)c1ccccc1)[C@@H]1CN=C(CN(CCCCN)[C@H]2CCCc3cccnc32)C1. The number of rotatable bonds is 14. The Balaban J connectivity index is 1.17. The number of carbonyl (C=O) groups is 1. The second-order valence-electron chi connectivity index (χ2n) is 13.4. The Morgan fingerprint density at radius 3 is 2.66 bits per heavy atom. The smallest absolute Gasteiger partial charge is 0.223 e. The molecule has 240 valence electrons. The van der Waals surface area contributed by atoms with Crippen LogP contribution in [0.15, 0.2) is 53.7 Å². The maximum absolute atomic E-state index is 13.4. The second-order valence-corrected chi connectivity index (χ2v) is 16.4. The van der Waals surface area contributed by atoms with Crippen molar-refractivity contribution in [1.29, 1.82) is 0 Å². The number of unbranched alkanes of at least 4 members (excludes halogenated alkanes) is 1. The molecule has 1 fully saturated rings. The predicted octanol–water partition coefficient (Wildman–Crippen LogP) is 5.53. The topological polar surface area (TPSA) is 86.9 Å². The van der Waals surface area contributed by atoms with Gasteiger partial charge in [0.1, 0.15) is 0 Å². The van der Waals surface area contributed by atoms with E-state index in [1.165, 1.54) is 29.0 Å². The van der Waals surface area contributed by atoms with Crippen molar-refractivity contribution < 1.29 is 4.79 Å². The Kier molecular flexibility index (Phi) is 12.4. The zero-order chi connectivity index (χ0) is 30.9. The van der Waals surface area contributed by atoms with Gasteiger partial charge >= 0.3 is 0 Å². The molecule has 2 unspecified atom stereocenters. The summed E-state index contributed by atoms with van der Waals surface area (Å²) >= 11 is 0. The first-order chi connectivity index (χ1) is 21.3. The Hall–Kier alpha value is -1.75. The van der Waals surface area contributed by atoms with E-state index in [1.807, 2.05) is 12.3 Å². The number of carbonyl (C=O) groups excluding carboxylic acids is 1. The van der Waals surface area contributed by atoms with Gasteiger partial charge in [-0.2, -0.15) is 0 Å². The van der Waals surface area contributed by atoms with E-state index in [4.69, 9.17) is 15.7 Å². The summed E-state index contributed by atoms with van der Waals surface area (Å²) in [5.41, 5.74) is 11.0. The second kappa shape index (κ2) is 16.2. The molecule has 1 aromatic heterocycles. The van der Waals surface area contributed by atoms with Crippen molar-refractivity contribution in [1.82, 2.24) is 20.1 Å². The van der Waals surface area contributed by atoms with Crippen LogP contribution in [0.2, 0.25) is 0 Å². The molecule has 1 saturated carbocycles. The molecule has 3 N–H and O–H groups in total. The zero-order valence-electron chi connectivity index (χ0n) is 26.7. The van der Waals surface area contributed by atoms with Gasteiger partial charge in [-0.25, -0.2) is 0 Å². The molecule has 1 aliphatic heterocycles. The molecule has 0 bridgehead atoms. The van der Waals surface area contributed by atoms with Crippen LogP contribution in [-0.2, 0) is 11.2 Å². The fourth-order valence-corrected chi connectivity index (χ4v) is 7.92. The molecule has 5 rings (SSSR count). The number of likely N-dealkylation sites (N-methyl/N-ethyl adjacent to an activating group) is 1. The number of aromatic nitrogens is 1. The van der Waals surface area contributed by atoms with Crippen LogP contribution in [0.5, 0.6) is 0 Å². The van der Waals surface area contributed by atoms with Gasteiger partial charge in [-0.15, -0.1) is 18.5 Å². The molecule has 44 heavy (non-hydrogen) atoms. The number of hydrogen-bond acceptors (Lipinski definition) is 6. The number of pyridine rings is 1. The fraction of sp³-hybridized carbons (Fsp3) is 0.629. The zero-order valence-corrected chi connectivity index (χ0v) is 29.0. The average Bonchev–Trinajstić information content (AvgIpc) is 3.51. The van der Waals surface area contributed by atoms with Gasteiger partial charge in [0.05, 0.1) is 24.3 Å². The van der Waals surface area contributed by atoms with Gasteiger partial charge < -0.3 is 16.0 Å². The quantitative estimate of drug-likeness (QED) is 0.211. The van der Waals surface area contributed by atoms with E-state index >= 15 is 0 Å². The highest BCUT2D eigenvalue weighted by molar-refractivity contribution is 7.39. The highest BCUT2D eigenvalue weighted by Crippen LogP contribution is 2.43. The van der Waals surface area contributed by atoms with Gasteiger partial charge in [0.15, 0.2) is 0 Å². The lowest BCUT2D eigenvalue weighted by Crippen LogP contribution is -2.40. The van der Waals surface area contributed by atoms with Crippen LogP contribution < -0.4 is 11.1 Å². The van der Waals surface area contributed by atoms with Crippen molar-refractivity contribution in [2.24, 2.45) is 16.6 Å². The third-order valence-electron chi connectivity index (χ3n) is 10.1. The number of aliphatic imine (C=N–C) groups is 1. The normalized spacial score (nSPS) is 22.5. The summed E-state index contributed by atoms with van der Waals surface area (Å²) in [5.74, 6) is 0.324. The fourth-order valence-electron chi connectivity index (χ4n) is 7.25. The molecule has 9 heteroatoms. The number of nitrogens with two attached hydrogens (primary N) is 1. The van der Waals surface area contributed by atoms with Crippen LogP contribution in [0.25, 0.3) is 0 Å². The minimum Gasteiger partial charge on any atom is -0.349 e. The van der Waals surface area contributed by atoms with Crippen molar-refractivity contribution in [3.05, 3.63) is 65.5 Å². The maximum atomic E-state index is 13.4. The molecule has 0 saturated heterocycles. The van der Waals surface area contributed by atoms with Crippen molar-refractivity contribution in [3.63, 3.8) is 0 Å². The predicted molar refractivity (Wildman–Crippen MR) is 189 cm³/mol. The molecule has 2 aromatic rings. The summed E-state index contributed by atoms with van der Waals surface area (Å²) in [7, 11) is 8.14. The molecule has 3 aliphatic rings. The maximum Gasteiger partial charge on any atom is 0.223 e. The summed E-state index contributed by atoms with van der Waals surface area (Å²) < 4.78 is 0. The summed E-state index contributed by atoms with van der Waals surface area (Å²) in [6.45, 7) is 4.44. The van der Waals surface area contributed by atoms with Crippen molar-refractivity contribution in [2.45, 2.75) is 93.7 Å². The van der Waals surface area contributed by atoms with Crippen LogP contribution in [0, 0.1) is 5.92 Å². The van der Waals surface area contributed by atoms with Gasteiger partial charge in [-0.05, 0) is 106 Å². The van der Waals surface area contributed by atoms with Crippen molar-refractivity contribution in [2.75, 3.05) is 39.8 Å². The van der Waals surface area contributed by atoms with Crippen LogP contribution in [-0.4, -0.2) is 77.1 Å². The molecule has 1 aromatic carbocycles. The third kappa shape index (κ3) is 9.17. The molecule has 1 amide bonds. The lowest BCUT2D eigenvalue weighted by atomic mass is 9.87. The lowest BCUT2D eigenvalue weighted by Gasteiger charge is -2.35. The van der Waals surface area contributed by atoms with E-state index in [1.54, 1.807) is 0 Å². The van der Waals surface area contributed by atoms with Gasteiger partial charge in [-0.3, -0.25) is 19.7 Å². The third-order valence-corrected chi connectivity index (χ3v) is 11.2. The van der Waals surface area contributed by atoms with E-state index in [0.29, 0.717) is 12.1 Å². The first-order valence-corrected chi connectivity index (χ1v) is 18.0. The molecule has 5 atom stereocenters. The van der Waals surface area contributed by atoms with Gasteiger partial charge in [0, 0.05) is 43.4 Å².